The molecule has 0 bridgehead atoms. The maximum absolute atomic E-state index is 10.7. The van der Waals surface area contributed by atoms with E-state index < -0.39 is 0 Å². The van der Waals surface area contributed by atoms with Gasteiger partial charge in [0, 0.05) is 0 Å². The SMILES string of the molecule is CC(=O)/C=C/c1nnn(C(C)(C)C)n1. The summed E-state index contributed by atoms with van der Waals surface area (Å²) in [6, 6.07) is 0. The fourth-order valence-corrected chi connectivity index (χ4v) is 0.768. The second-order valence-corrected chi connectivity index (χ2v) is 4.05. The number of carbonyl (C=O) groups excluding carboxylic acids is 1. The lowest BCUT2D eigenvalue weighted by Gasteiger charge is -2.15. The molecule has 76 valence electrons. The molecular weight excluding hydrogens is 180 g/mol. The number of ketones is 1. The van der Waals surface area contributed by atoms with E-state index in [1.807, 2.05) is 20.8 Å². The van der Waals surface area contributed by atoms with E-state index in [1.165, 1.54) is 17.8 Å². The Morgan fingerprint density at radius 1 is 1.43 bits per heavy atom. The van der Waals surface area contributed by atoms with E-state index in [-0.39, 0.29) is 11.3 Å². The summed E-state index contributed by atoms with van der Waals surface area (Å²) in [7, 11) is 0. The predicted octanol–water partition coefficient (Wildman–Crippen LogP) is 1.03. The van der Waals surface area contributed by atoms with Crippen molar-refractivity contribution < 1.29 is 4.79 Å². The first-order valence-electron chi connectivity index (χ1n) is 4.39. The minimum absolute atomic E-state index is 0.0305. The summed E-state index contributed by atoms with van der Waals surface area (Å²) in [5, 5.41) is 11.8. The summed E-state index contributed by atoms with van der Waals surface area (Å²) in [6.45, 7) is 7.41. The van der Waals surface area contributed by atoms with Crippen LogP contribution in [0.25, 0.3) is 6.08 Å². The highest BCUT2D eigenvalue weighted by atomic mass is 16.1. The van der Waals surface area contributed by atoms with Gasteiger partial charge in [-0.15, -0.1) is 10.2 Å². The lowest BCUT2D eigenvalue weighted by atomic mass is 10.1. The van der Waals surface area contributed by atoms with Crippen LogP contribution in [0, 0.1) is 0 Å². The van der Waals surface area contributed by atoms with Gasteiger partial charge in [-0.1, -0.05) is 0 Å². The van der Waals surface area contributed by atoms with Crippen LogP contribution in [0.1, 0.15) is 33.5 Å². The van der Waals surface area contributed by atoms with Gasteiger partial charge < -0.3 is 0 Å². The molecule has 0 saturated heterocycles. The van der Waals surface area contributed by atoms with Crippen LogP contribution in [0.3, 0.4) is 0 Å². The van der Waals surface area contributed by atoms with E-state index >= 15 is 0 Å². The number of allylic oxidation sites excluding steroid dienone is 1. The van der Waals surface area contributed by atoms with E-state index in [2.05, 4.69) is 15.4 Å². The molecule has 0 aliphatic heterocycles. The van der Waals surface area contributed by atoms with Gasteiger partial charge in [0.15, 0.2) is 11.6 Å². The Kier molecular flexibility index (Phi) is 2.78. The monoisotopic (exact) mass is 194 g/mol. The summed E-state index contributed by atoms with van der Waals surface area (Å²) in [5.41, 5.74) is -0.185. The van der Waals surface area contributed by atoms with Crippen molar-refractivity contribution in [3.63, 3.8) is 0 Å². The number of rotatable bonds is 2. The van der Waals surface area contributed by atoms with Gasteiger partial charge in [0.1, 0.15) is 0 Å². The zero-order valence-electron chi connectivity index (χ0n) is 8.85. The highest BCUT2D eigenvalue weighted by Crippen LogP contribution is 2.09. The van der Waals surface area contributed by atoms with Crippen molar-refractivity contribution in [1.29, 1.82) is 0 Å². The molecule has 0 aliphatic rings. The summed E-state index contributed by atoms with van der Waals surface area (Å²) < 4.78 is 0. The Morgan fingerprint density at radius 2 is 2.07 bits per heavy atom. The first-order chi connectivity index (χ1) is 6.39. The number of carbonyl (C=O) groups is 1. The Hall–Kier alpha value is -1.52. The lowest BCUT2D eigenvalue weighted by Crippen LogP contribution is -2.24. The second kappa shape index (κ2) is 3.69. The fourth-order valence-electron chi connectivity index (χ4n) is 0.768. The van der Waals surface area contributed by atoms with E-state index in [0.29, 0.717) is 5.82 Å². The van der Waals surface area contributed by atoms with Gasteiger partial charge in [0.05, 0.1) is 5.54 Å². The molecule has 5 nitrogen and oxygen atoms in total. The quantitative estimate of drug-likeness (QED) is 0.660. The van der Waals surface area contributed by atoms with Crippen molar-refractivity contribution in [1.82, 2.24) is 20.2 Å². The molecule has 0 unspecified atom stereocenters. The molecule has 0 N–H and O–H groups in total. The van der Waals surface area contributed by atoms with Crippen molar-refractivity contribution in [2.45, 2.75) is 33.2 Å². The van der Waals surface area contributed by atoms with Crippen molar-refractivity contribution >= 4 is 11.9 Å². The highest BCUT2D eigenvalue weighted by molar-refractivity contribution is 5.90. The molecule has 0 aromatic carbocycles. The first-order valence-corrected chi connectivity index (χ1v) is 4.39. The minimum atomic E-state index is -0.185. The van der Waals surface area contributed by atoms with Gasteiger partial charge in [-0.25, -0.2) is 0 Å². The van der Waals surface area contributed by atoms with Gasteiger partial charge >= 0.3 is 0 Å². The van der Waals surface area contributed by atoms with E-state index in [9.17, 15) is 4.79 Å². The zero-order chi connectivity index (χ0) is 10.8. The Labute approximate surface area is 82.8 Å². The largest absolute Gasteiger partial charge is 0.295 e. The molecule has 0 spiro atoms. The van der Waals surface area contributed by atoms with Crippen LogP contribution in [0.15, 0.2) is 6.08 Å². The van der Waals surface area contributed by atoms with Crippen LogP contribution >= 0.6 is 0 Å². The summed E-state index contributed by atoms with van der Waals surface area (Å²) >= 11 is 0. The molecule has 1 aromatic heterocycles. The molecule has 0 radical (unpaired) electrons. The molecule has 1 aromatic rings. The molecule has 14 heavy (non-hydrogen) atoms. The van der Waals surface area contributed by atoms with Crippen LogP contribution in [0.2, 0.25) is 0 Å². The Bertz CT molecular complexity index is 359. The van der Waals surface area contributed by atoms with E-state index in [1.54, 1.807) is 6.08 Å². The molecule has 1 rings (SSSR count). The molecule has 0 fully saturated rings. The first kappa shape index (κ1) is 10.6. The Morgan fingerprint density at radius 3 is 2.50 bits per heavy atom. The summed E-state index contributed by atoms with van der Waals surface area (Å²) in [4.78, 5) is 12.2. The van der Waals surface area contributed by atoms with Crippen LogP contribution in [-0.4, -0.2) is 26.0 Å². The van der Waals surface area contributed by atoms with Crippen molar-refractivity contribution in [3.05, 3.63) is 11.9 Å². The highest BCUT2D eigenvalue weighted by Gasteiger charge is 2.15. The third-order valence-corrected chi connectivity index (χ3v) is 1.50. The average Bonchev–Trinajstić information content (AvgIpc) is 2.47. The summed E-state index contributed by atoms with van der Waals surface area (Å²) in [6.07, 6.45) is 2.97. The number of aromatic nitrogens is 4. The molecule has 5 heteroatoms. The maximum Gasteiger partial charge on any atom is 0.197 e. The van der Waals surface area contributed by atoms with Crippen molar-refractivity contribution in [2.75, 3.05) is 0 Å². The van der Waals surface area contributed by atoms with Gasteiger partial charge in [0.2, 0.25) is 0 Å². The average molecular weight is 194 g/mol. The number of tetrazole rings is 1. The number of hydrogen-bond donors (Lipinski definition) is 0. The van der Waals surface area contributed by atoms with Crippen LogP contribution in [0.5, 0.6) is 0 Å². The van der Waals surface area contributed by atoms with Gasteiger partial charge in [0.25, 0.3) is 0 Å². The van der Waals surface area contributed by atoms with Gasteiger partial charge in [-0.3, -0.25) is 4.79 Å². The van der Waals surface area contributed by atoms with Crippen molar-refractivity contribution in [3.8, 4) is 0 Å². The fraction of sp³-hybridized carbons (Fsp3) is 0.556. The molecule has 0 atom stereocenters. The van der Waals surface area contributed by atoms with Gasteiger partial charge in [-0.2, -0.15) is 4.80 Å². The summed E-state index contributed by atoms with van der Waals surface area (Å²) in [5.74, 6) is 0.423. The molecule has 0 saturated carbocycles. The van der Waals surface area contributed by atoms with E-state index in [4.69, 9.17) is 0 Å². The van der Waals surface area contributed by atoms with Gasteiger partial charge in [-0.05, 0) is 45.1 Å². The molecule has 0 aliphatic carbocycles. The zero-order valence-corrected chi connectivity index (χ0v) is 8.85. The standard InChI is InChI=1S/C9H14N4O/c1-7(14)5-6-8-10-12-13(11-8)9(2,3)4/h5-6H,1-4H3/b6-5+. The third-order valence-electron chi connectivity index (χ3n) is 1.50. The van der Waals surface area contributed by atoms with Crippen molar-refractivity contribution in [2.24, 2.45) is 0 Å². The Balaban J connectivity index is 2.84. The van der Waals surface area contributed by atoms with E-state index in [0.717, 1.165) is 0 Å². The second-order valence-electron chi connectivity index (χ2n) is 4.05. The maximum atomic E-state index is 10.7. The smallest absolute Gasteiger partial charge is 0.197 e. The molecule has 0 amide bonds. The third kappa shape index (κ3) is 2.76. The normalized spacial score (nSPS) is 12.3. The van der Waals surface area contributed by atoms with Crippen LogP contribution < -0.4 is 0 Å². The number of hydrogen-bond acceptors (Lipinski definition) is 4. The topological polar surface area (TPSA) is 60.7 Å². The molecular formula is C9H14N4O. The molecule has 1 heterocycles. The number of nitrogens with zero attached hydrogens (tertiary/aromatic N) is 4. The van der Waals surface area contributed by atoms with Crippen LogP contribution in [-0.2, 0) is 10.3 Å². The minimum Gasteiger partial charge on any atom is -0.295 e. The van der Waals surface area contributed by atoms with Crippen LogP contribution in [0.4, 0.5) is 0 Å². The lowest BCUT2D eigenvalue weighted by molar-refractivity contribution is -0.112. The predicted molar refractivity (Wildman–Crippen MR) is 52.5 cm³/mol.